The predicted octanol–water partition coefficient (Wildman–Crippen LogP) is 5.87. The van der Waals surface area contributed by atoms with E-state index in [9.17, 15) is 9.59 Å². The quantitative estimate of drug-likeness (QED) is 0.495. The highest BCUT2D eigenvalue weighted by Gasteiger charge is 2.26. The zero-order valence-corrected chi connectivity index (χ0v) is 20.0. The van der Waals surface area contributed by atoms with E-state index in [1.165, 1.54) is 25.7 Å². The smallest absolute Gasteiger partial charge is 0.227 e. The van der Waals surface area contributed by atoms with Crippen molar-refractivity contribution in [3.63, 3.8) is 0 Å². The van der Waals surface area contributed by atoms with Gasteiger partial charge in [0.25, 0.3) is 0 Å². The normalized spacial score (nSPS) is 22.7. The molecule has 6 heteroatoms. The van der Waals surface area contributed by atoms with Crippen LogP contribution in [0.1, 0.15) is 77.0 Å². The molecule has 2 amide bonds. The van der Waals surface area contributed by atoms with Gasteiger partial charge in [0.1, 0.15) is 0 Å². The van der Waals surface area contributed by atoms with Gasteiger partial charge in [-0.05, 0) is 69.1 Å². The molecule has 3 fully saturated rings. The third-order valence-corrected chi connectivity index (χ3v) is 8.08. The summed E-state index contributed by atoms with van der Waals surface area (Å²) < 4.78 is 0. The molecule has 0 bridgehead atoms. The molecule has 1 heterocycles. The van der Waals surface area contributed by atoms with Crippen LogP contribution in [-0.2, 0) is 9.59 Å². The maximum atomic E-state index is 12.4. The summed E-state index contributed by atoms with van der Waals surface area (Å²) in [6, 6.07) is 6.37. The second-order valence-corrected chi connectivity index (χ2v) is 10.4. The molecule has 32 heavy (non-hydrogen) atoms. The van der Waals surface area contributed by atoms with E-state index in [0.717, 1.165) is 88.8 Å². The highest BCUT2D eigenvalue weighted by molar-refractivity contribution is 6.33. The number of anilines is 2. The number of piperidine rings is 1. The van der Waals surface area contributed by atoms with E-state index in [2.05, 4.69) is 21.2 Å². The van der Waals surface area contributed by atoms with Crippen LogP contribution in [-0.4, -0.2) is 42.9 Å². The Labute approximate surface area is 197 Å². The van der Waals surface area contributed by atoms with E-state index < -0.39 is 0 Å². The largest absolute Gasteiger partial charge is 0.370 e. The third-order valence-electron chi connectivity index (χ3n) is 7.78. The maximum absolute atomic E-state index is 12.4. The van der Waals surface area contributed by atoms with Gasteiger partial charge in [-0.15, -0.1) is 0 Å². The Morgan fingerprint density at radius 3 is 2.53 bits per heavy atom. The molecule has 4 rings (SSSR count). The fourth-order valence-corrected chi connectivity index (χ4v) is 6.16. The first kappa shape index (κ1) is 23.4. The summed E-state index contributed by atoms with van der Waals surface area (Å²) in [5.41, 5.74) is 1.84. The van der Waals surface area contributed by atoms with E-state index in [1.807, 2.05) is 12.1 Å². The molecule has 0 radical (unpaired) electrons. The highest BCUT2D eigenvalue weighted by Crippen LogP contribution is 2.34. The zero-order valence-electron chi connectivity index (χ0n) is 19.2. The van der Waals surface area contributed by atoms with Crippen molar-refractivity contribution >= 4 is 35.3 Å². The van der Waals surface area contributed by atoms with E-state index in [4.69, 9.17) is 11.6 Å². The lowest BCUT2D eigenvalue weighted by Crippen LogP contribution is -2.40. The van der Waals surface area contributed by atoms with Crippen molar-refractivity contribution in [1.29, 1.82) is 0 Å². The van der Waals surface area contributed by atoms with Gasteiger partial charge in [0, 0.05) is 37.3 Å². The minimum Gasteiger partial charge on any atom is -0.370 e. The van der Waals surface area contributed by atoms with E-state index in [-0.39, 0.29) is 11.8 Å². The number of carbonyl (C=O) groups is 2. The summed E-state index contributed by atoms with van der Waals surface area (Å²) in [7, 11) is 0. The molecule has 2 aliphatic carbocycles. The first-order chi connectivity index (χ1) is 15.6. The molecule has 3 aliphatic rings. The number of halogens is 1. The number of amides is 2. The minimum atomic E-state index is 0.127. The van der Waals surface area contributed by atoms with Crippen LogP contribution in [0.2, 0.25) is 5.02 Å². The Kier molecular flexibility index (Phi) is 8.34. The molecule has 176 valence electrons. The van der Waals surface area contributed by atoms with Gasteiger partial charge < -0.3 is 15.1 Å². The Morgan fingerprint density at radius 2 is 1.81 bits per heavy atom. The molecule has 1 aliphatic heterocycles. The van der Waals surface area contributed by atoms with E-state index in [1.54, 1.807) is 0 Å². The van der Waals surface area contributed by atoms with Gasteiger partial charge in [-0.3, -0.25) is 9.59 Å². The van der Waals surface area contributed by atoms with Crippen molar-refractivity contribution in [2.75, 3.05) is 29.9 Å². The van der Waals surface area contributed by atoms with Crippen LogP contribution in [0.25, 0.3) is 0 Å². The van der Waals surface area contributed by atoms with Gasteiger partial charge in [-0.25, -0.2) is 0 Å². The predicted molar refractivity (Wildman–Crippen MR) is 131 cm³/mol. The molecule has 5 nitrogen and oxygen atoms in total. The van der Waals surface area contributed by atoms with Crippen molar-refractivity contribution in [2.45, 2.75) is 83.1 Å². The fraction of sp³-hybridized carbons (Fsp3) is 0.692. The first-order valence-corrected chi connectivity index (χ1v) is 13.1. The molecule has 1 unspecified atom stereocenters. The zero-order chi connectivity index (χ0) is 22.3. The van der Waals surface area contributed by atoms with Crippen LogP contribution in [0, 0.1) is 11.8 Å². The van der Waals surface area contributed by atoms with Gasteiger partial charge in [-0.1, -0.05) is 43.7 Å². The van der Waals surface area contributed by atoms with Crippen LogP contribution in [0.5, 0.6) is 0 Å². The SMILES string of the molecule is O=CN(CCC1CCCN(c2ccc(NC(=O)C3CCCC3)cc2Cl)C1)C1CCCCC1. The summed E-state index contributed by atoms with van der Waals surface area (Å²) in [6.45, 7) is 2.85. The summed E-state index contributed by atoms with van der Waals surface area (Å²) in [5, 5.41) is 3.75. The molecule has 1 saturated heterocycles. The second-order valence-electron chi connectivity index (χ2n) is 10.0. The minimum absolute atomic E-state index is 0.127. The molecular weight excluding hydrogens is 422 g/mol. The Morgan fingerprint density at radius 1 is 1.06 bits per heavy atom. The monoisotopic (exact) mass is 459 g/mol. The number of nitrogens with zero attached hydrogens (tertiary/aromatic N) is 2. The summed E-state index contributed by atoms with van der Waals surface area (Å²) >= 11 is 6.66. The molecular formula is C26H38ClN3O2. The lowest BCUT2D eigenvalue weighted by atomic mass is 9.92. The summed E-state index contributed by atoms with van der Waals surface area (Å²) in [6.07, 6.45) is 14.9. The maximum Gasteiger partial charge on any atom is 0.227 e. The van der Waals surface area contributed by atoms with Gasteiger partial charge in [0.05, 0.1) is 10.7 Å². The van der Waals surface area contributed by atoms with Gasteiger partial charge in [-0.2, -0.15) is 0 Å². The third kappa shape index (κ3) is 5.98. The number of hydrogen-bond acceptors (Lipinski definition) is 3. The molecule has 0 aromatic heterocycles. The molecule has 1 N–H and O–H groups in total. The lowest BCUT2D eigenvalue weighted by molar-refractivity contribution is -0.121. The standard InChI is InChI=1S/C26H38ClN3O2/c27-24-17-22(28-26(32)21-8-4-5-9-21)12-13-25(24)29-15-6-7-20(18-29)14-16-30(19-31)23-10-2-1-3-11-23/h12-13,17,19-21,23H,1-11,14-16,18H2,(H,28,32). The molecule has 1 aromatic rings. The second kappa shape index (κ2) is 11.4. The van der Waals surface area contributed by atoms with Gasteiger partial charge in [0.15, 0.2) is 0 Å². The fourth-order valence-electron chi connectivity index (χ4n) is 5.86. The van der Waals surface area contributed by atoms with Crippen LogP contribution in [0.3, 0.4) is 0 Å². The van der Waals surface area contributed by atoms with Crippen molar-refractivity contribution in [3.8, 4) is 0 Å². The van der Waals surface area contributed by atoms with Crippen molar-refractivity contribution in [3.05, 3.63) is 23.2 Å². The lowest BCUT2D eigenvalue weighted by Gasteiger charge is -2.37. The number of hydrogen-bond donors (Lipinski definition) is 1. The van der Waals surface area contributed by atoms with Crippen LogP contribution in [0.15, 0.2) is 18.2 Å². The molecule has 0 spiro atoms. The number of nitrogens with one attached hydrogen (secondary N) is 1. The molecule has 1 atom stereocenters. The van der Waals surface area contributed by atoms with E-state index >= 15 is 0 Å². The van der Waals surface area contributed by atoms with Crippen LogP contribution >= 0.6 is 11.6 Å². The number of rotatable bonds is 8. The van der Waals surface area contributed by atoms with Gasteiger partial charge >= 0.3 is 0 Å². The number of benzene rings is 1. The highest BCUT2D eigenvalue weighted by atomic mass is 35.5. The Bertz CT molecular complexity index is 774. The number of carbonyl (C=O) groups excluding carboxylic acids is 2. The Hall–Kier alpha value is -1.75. The summed E-state index contributed by atoms with van der Waals surface area (Å²) in [5.74, 6) is 0.852. The molecule has 2 saturated carbocycles. The van der Waals surface area contributed by atoms with Crippen molar-refractivity contribution in [2.24, 2.45) is 11.8 Å². The van der Waals surface area contributed by atoms with Crippen LogP contribution < -0.4 is 10.2 Å². The average molecular weight is 460 g/mol. The van der Waals surface area contributed by atoms with E-state index in [0.29, 0.717) is 17.0 Å². The summed E-state index contributed by atoms with van der Waals surface area (Å²) in [4.78, 5) is 28.5. The Balaban J connectivity index is 1.31. The first-order valence-electron chi connectivity index (χ1n) is 12.7. The van der Waals surface area contributed by atoms with Crippen molar-refractivity contribution in [1.82, 2.24) is 4.90 Å². The average Bonchev–Trinajstić information content (AvgIpc) is 3.36. The topological polar surface area (TPSA) is 52.7 Å². The van der Waals surface area contributed by atoms with Crippen LogP contribution in [0.4, 0.5) is 11.4 Å². The molecule has 1 aromatic carbocycles. The van der Waals surface area contributed by atoms with Crippen molar-refractivity contribution < 1.29 is 9.59 Å². The van der Waals surface area contributed by atoms with Gasteiger partial charge in [0.2, 0.25) is 12.3 Å².